The van der Waals surface area contributed by atoms with E-state index in [1.165, 1.54) is 7.11 Å². The molecule has 1 unspecified atom stereocenters. The maximum Gasteiger partial charge on any atom is 0.389 e. The Hall–Kier alpha value is -0.252. The molecule has 0 aromatic rings. The van der Waals surface area contributed by atoms with Crippen LogP contribution in [0.5, 0.6) is 0 Å². The number of carbonyl (C=O) groups excluding carboxylic acids is 1. The van der Waals surface area contributed by atoms with Gasteiger partial charge in [0.15, 0.2) is 16.6 Å². The summed E-state index contributed by atoms with van der Waals surface area (Å²) in [7, 11) is -8.00. The number of esters is 1. The Morgan fingerprint density at radius 2 is 1.33 bits per heavy atom. The fourth-order valence-electron chi connectivity index (χ4n) is 2.99. The minimum Gasteiger partial charge on any atom is -0.463 e. The molecule has 1 atom stereocenters. The Balaban J connectivity index is 4.87. The topological polar surface area (TPSA) is 54.0 Å². The molecule has 0 saturated carbocycles. The van der Waals surface area contributed by atoms with Crippen molar-refractivity contribution in [3.05, 3.63) is 12.2 Å². The van der Waals surface area contributed by atoms with Crippen LogP contribution >= 0.6 is 0 Å². The molecule has 30 heavy (non-hydrogen) atoms. The number of alkyl halides is 3. The van der Waals surface area contributed by atoms with Crippen LogP contribution in [-0.4, -0.2) is 59.0 Å². The second kappa shape index (κ2) is 11.1. The third-order valence-electron chi connectivity index (χ3n) is 4.57. The molecule has 12 heteroatoms. The number of hydrogen-bond donors (Lipinski definition) is 0. The van der Waals surface area contributed by atoms with Gasteiger partial charge in [0.1, 0.15) is 6.23 Å². The third-order valence-corrected chi connectivity index (χ3v) is 19.2. The summed E-state index contributed by atoms with van der Waals surface area (Å²) < 4.78 is 61.4. The molecule has 5 nitrogen and oxygen atoms in total. The van der Waals surface area contributed by atoms with Crippen LogP contribution in [0, 0.1) is 0 Å². The summed E-state index contributed by atoms with van der Waals surface area (Å²) in [6, 6.07) is 1.50. The second-order valence-electron chi connectivity index (χ2n) is 9.79. The van der Waals surface area contributed by atoms with E-state index < -0.39 is 52.1 Å². The molecule has 0 aliphatic carbocycles. The lowest BCUT2D eigenvalue weighted by atomic mass is 10.4. The first-order valence-electron chi connectivity index (χ1n) is 10.1. The first kappa shape index (κ1) is 29.7. The van der Waals surface area contributed by atoms with Crippen molar-refractivity contribution in [3.8, 4) is 0 Å². The van der Waals surface area contributed by atoms with Crippen molar-refractivity contribution >= 4 is 39.5 Å². The fourth-order valence-corrected chi connectivity index (χ4v) is 21.7. The summed E-state index contributed by atoms with van der Waals surface area (Å²) in [5.74, 6) is -0.414. The fraction of sp³-hybridized carbons (Fsp3) is 0.833. The van der Waals surface area contributed by atoms with Gasteiger partial charge in [0, 0.05) is 19.1 Å². The molecule has 0 aliphatic rings. The summed E-state index contributed by atoms with van der Waals surface area (Å²) in [6.07, 6.45) is -4.84. The summed E-state index contributed by atoms with van der Waals surface area (Å²) in [5, 5.41) is 0. The maximum absolute atomic E-state index is 12.7. The molecule has 0 fully saturated rings. The Kier molecular flexibility index (Phi) is 11.0. The molecular formula is C18H39F3O5Si4. The van der Waals surface area contributed by atoms with Gasteiger partial charge >= 0.3 is 20.7 Å². The third kappa shape index (κ3) is 13.2. The molecule has 0 N–H and O–H groups in total. The number of hydrogen-bond acceptors (Lipinski definition) is 5. The lowest BCUT2D eigenvalue weighted by Crippen LogP contribution is -2.51. The Morgan fingerprint density at radius 1 is 0.867 bits per heavy atom. The molecular weight excluding hydrogens is 466 g/mol. The molecule has 0 spiro atoms. The normalized spacial score (nSPS) is 15.6. The van der Waals surface area contributed by atoms with E-state index in [0.717, 1.165) is 12.1 Å². The van der Waals surface area contributed by atoms with Crippen LogP contribution in [0.3, 0.4) is 0 Å². The minimum atomic E-state index is -4.21. The van der Waals surface area contributed by atoms with E-state index in [2.05, 4.69) is 19.7 Å². The molecule has 0 aromatic carbocycles. The number of rotatable bonds is 13. The first-order chi connectivity index (χ1) is 13.2. The van der Waals surface area contributed by atoms with Crippen LogP contribution in [0.2, 0.25) is 64.0 Å². The monoisotopic (exact) mass is 504 g/mol. The highest BCUT2D eigenvalue weighted by Crippen LogP contribution is 2.32. The first-order valence-corrected chi connectivity index (χ1v) is 21.9. The standard InChI is InChI=1S/C18H39F3O5Si4/c1-16(2)17(22)24-15-29(8,9)25-27(4,5)13-14-28(6,7)26-30(10,23-3)12-11-18(19,20)21/h1,11-15H2,2-10H3. The Bertz CT molecular complexity index is 597. The number of carbonyl (C=O) groups is 1. The van der Waals surface area contributed by atoms with Crippen molar-refractivity contribution in [3.63, 3.8) is 0 Å². The van der Waals surface area contributed by atoms with Gasteiger partial charge in [0.2, 0.25) is 8.32 Å². The highest BCUT2D eigenvalue weighted by molar-refractivity contribution is 6.87. The molecule has 178 valence electrons. The lowest BCUT2D eigenvalue weighted by molar-refractivity contribution is -0.137. The molecule has 0 amide bonds. The molecule has 0 aromatic heterocycles. The zero-order valence-corrected chi connectivity index (χ0v) is 23.9. The van der Waals surface area contributed by atoms with Crippen molar-refractivity contribution in [1.82, 2.24) is 0 Å². The zero-order chi connectivity index (χ0) is 24.0. The number of ether oxygens (including phenoxy) is 1. The lowest BCUT2D eigenvalue weighted by Gasteiger charge is -2.38. The summed E-state index contributed by atoms with van der Waals surface area (Å²) >= 11 is 0. The SMILES string of the molecule is C=C(C)C(=O)OC[Si](C)(C)O[Si](C)(C)CC[Si](C)(C)O[Si](C)(CCC(F)(F)F)OC. The van der Waals surface area contributed by atoms with Gasteiger partial charge in [-0.15, -0.1) is 0 Å². The van der Waals surface area contributed by atoms with E-state index in [9.17, 15) is 18.0 Å². The van der Waals surface area contributed by atoms with Crippen molar-refractivity contribution < 1.29 is 35.4 Å². The maximum atomic E-state index is 12.7. The summed E-state index contributed by atoms with van der Waals surface area (Å²) in [6.45, 7) is 19.2. The predicted octanol–water partition coefficient (Wildman–Crippen LogP) is 5.96. The van der Waals surface area contributed by atoms with Crippen LogP contribution in [0.15, 0.2) is 12.2 Å². The van der Waals surface area contributed by atoms with Gasteiger partial charge in [-0.3, -0.25) is 0 Å². The highest BCUT2D eigenvalue weighted by atomic mass is 28.4. The Labute approximate surface area is 184 Å². The highest BCUT2D eigenvalue weighted by Gasteiger charge is 2.43. The largest absolute Gasteiger partial charge is 0.463 e. The van der Waals surface area contributed by atoms with E-state index in [1.807, 2.05) is 26.2 Å². The molecule has 0 radical (unpaired) electrons. The molecule has 0 aliphatic heterocycles. The van der Waals surface area contributed by atoms with E-state index in [-0.39, 0.29) is 12.3 Å². The van der Waals surface area contributed by atoms with E-state index >= 15 is 0 Å². The van der Waals surface area contributed by atoms with Crippen molar-refractivity contribution in [2.45, 2.75) is 83.5 Å². The molecule has 0 saturated heterocycles. The molecule has 0 bridgehead atoms. The van der Waals surface area contributed by atoms with E-state index in [1.54, 1.807) is 13.5 Å². The predicted molar refractivity (Wildman–Crippen MR) is 124 cm³/mol. The minimum absolute atomic E-state index is 0.102. The van der Waals surface area contributed by atoms with Gasteiger partial charge in [-0.25, -0.2) is 4.79 Å². The van der Waals surface area contributed by atoms with Crippen LogP contribution in [-0.2, 0) is 22.2 Å². The van der Waals surface area contributed by atoms with E-state index in [4.69, 9.17) is 17.4 Å². The quantitative estimate of drug-likeness (QED) is 0.176. The van der Waals surface area contributed by atoms with Crippen LogP contribution in [0.25, 0.3) is 0 Å². The van der Waals surface area contributed by atoms with E-state index in [0.29, 0.717) is 5.57 Å². The van der Waals surface area contributed by atoms with Crippen molar-refractivity contribution in [1.29, 1.82) is 0 Å². The zero-order valence-electron chi connectivity index (χ0n) is 19.9. The summed E-state index contributed by atoms with van der Waals surface area (Å²) in [4.78, 5) is 11.7. The van der Waals surface area contributed by atoms with Crippen LogP contribution in [0.1, 0.15) is 13.3 Å². The van der Waals surface area contributed by atoms with Gasteiger partial charge in [0.05, 0.1) is 0 Å². The second-order valence-corrected chi connectivity index (χ2v) is 26.4. The van der Waals surface area contributed by atoms with Crippen LogP contribution < -0.4 is 0 Å². The van der Waals surface area contributed by atoms with Gasteiger partial charge < -0.3 is 17.4 Å². The average molecular weight is 505 g/mol. The number of halogens is 3. The Morgan fingerprint density at radius 3 is 1.73 bits per heavy atom. The van der Waals surface area contributed by atoms with Gasteiger partial charge in [-0.05, 0) is 70.9 Å². The smallest absolute Gasteiger partial charge is 0.389 e. The average Bonchev–Trinajstić information content (AvgIpc) is 2.54. The molecule has 0 heterocycles. The van der Waals surface area contributed by atoms with Crippen LogP contribution in [0.4, 0.5) is 13.2 Å². The van der Waals surface area contributed by atoms with Gasteiger partial charge in [-0.1, -0.05) is 6.58 Å². The van der Waals surface area contributed by atoms with Crippen molar-refractivity contribution in [2.24, 2.45) is 0 Å². The summed E-state index contributed by atoms with van der Waals surface area (Å²) in [5.41, 5.74) is 0.358. The van der Waals surface area contributed by atoms with Gasteiger partial charge in [0.25, 0.3) is 0 Å². The molecule has 0 rings (SSSR count). The van der Waals surface area contributed by atoms with Crippen molar-refractivity contribution in [2.75, 3.05) is 13.3 Å². The van der Waals surface area contributed by atoms with Gasteiger partial charge in [-0.2, -0.15) is 13.2 Å².